The first-order chi connectivity index (χ1) is 8.90. The normalized spacial score (nSPS) is 23.1. The van der Waals surface area contributed by atoms with Gasteiger partial charge in [0.25, 0.3) is 0 Å². The van der Waals surface area contributed by atoms with Crippen LogP contribution in [0.2, 0.25) is 0 Å². The molecule has 1 saturated heterocycles. The van der Waals surface area contributed by atoms with Crippen molar-refractivity contribution in [1.29, 1.82) is 0 Å². The van der Waals surface area contributed by atoms with E-state index in [-0.39, 0.29) is 18.4 Å². The van der Waals surface area contributed by atoms with Crippen molar-refractivity contribution in [1.82, 2.24) is 10.0 Å². The molecule has 1 aromatic carbocycles. The van der Waals surface area contributed by atoms with E-state index >= 15 is 0 Å². The predicted molar refractivity (Wildman–Crippen MR) is 83.9 cm³/mol. The van der Waals surface area contributed by atoms with Crippen molar-refractivity contribution in [3.8, 4) is 0 Å². The lowest BCUT2D eigenvalue weighted by Crippen LogP contribution is -2.48. The summed E-state index contributed by atoms with van der Waals surface area (Å²) < 4.78 is 27.6. The average Bonchev–Trinajstić information content (AvgIpc) is 2.35. The topological polar surface area (TPSA) is 58.2 Å². The van der Waals surface area contributed by atoms with Gasteiger partial charge >= 0.3 is 0 Å². The van der Waals surface area contributed by atoms with Gasteiger partial charge in [-0.05, 0) is 62.5 Å². The molecule has 1 aliphatic rings. The number of rotatable bonds is 3. The number of halogens is 1. The summed E-state index contributed by atoms with van der Waals surface area (Å²) >= 11 is 0. The SMILES string of the molecule is Cc1ccc(S(=O)(=O)NC2CCNCC2C)cc1C.Cl. The highest BCUT2D eigenvalue weighted by Crippen LogP contribution is 2.18. The Bertz CT molecular complexity index is 560. The number of nitrogens with one attached hydrogen (secondary N) is 2. The van der Waals surface area contributed by atoms with Crippen LogP contribution in [0.1, 0.15) is 24.5 Å². The zero-order valence-electron chi connectivity index (χ0n) is 12.1. The third-order valence-electron chi connectivity index (χ3n) is 3.88. The molecule has 0 amide bonds. The Hall–Kier alpha value is -0.620. The monoisotopic (exact) mass is 318 g/mol. The summed E-state index contributed by atoms with van der Waals surface area (Å²) in [6.45, 7) is 7.71. The first kappa shape index (κ1) is 17.4. The van der Waals surface area contributed by atoms with E-state index in [4.69, 9.17) is 0 Å². The molecule has 2 rings (SSSR count). The van der Waals surface area contributed by atoms with Crippen LogP contribution in [0.15, 0.2) is 23.1 Å². The minimum Gasteiger partial charge on any atom is -0.316 e. The molecule has 6 heteroatoms. The number of hydrogen-bond donors (Lipinski definition) is 2. The van der Waals surface area contributed by atoms with E-state index in [1.807, 2.05) is 19.9 Å². The first-order valence-corrected chi connectivity index (χ1v) is 8.19. The molecule has 0 spiro atoms. The van der Waals surface area contributed by atoms with E-state index in [1.54, 1.807) is 12.1 Å². The van der Waals surface area contributed by atoms with Crippen LogP contribution in [0, 0.1) is 19.8 Å². The molecule has 2 unspecified atom stereocenters. The maximum absolute atomic E-state index is 12.4. The fraction of sp³-hybridized carbons (Fsp3) is 0.571. The molecule has 1 aliphatic heterocycles. The van der Waals surface area contributed by atoms with Crippen LogP contribution in [0.25, 0.3) is 0 Å². The van der Waals surface area contributed by atoms with E-state index < -0.39 is 10.0 Å². The van der Waals surface area contributed by atoms with Crippen LogP contribution < -0.4 is 10.0 Å². The lowest BCUT2D eigenvalue weighted by atomic mass is 9.97. The molecule has 2 N–H and O–H groups in total. The Morgan fingerprint density at radius 2 is 1.95 bits per heavy atom. The number of aryl methyl sites for hydroxylation is 2. The summed E-state index contributed by atoms with van der Waals surface area (Å²) in [4.78, 5) is 0.362. The molecule has 114 valence electrons. The summed E-state index contributed by atoms with van der Waals surface area (Å²) in [5.74, 6) is 0.315. The van der Waals surface area contributed by atoms with Crippen LogP contribution in [0.5, 0.6) is 0 Å². The van der Waals surface area contributed by atoms with Gasteiger partial charge in [0.05, 0.1) is 4.90 Å². The molecular weight excluding hydrogens is 296 g/mol. The molecule has 20 heavy (non-hydrogen) atoms. The molecule has 0 aliphatic carbocycles. The molecule has 0 bridgehead atoms. The molecule has 2 atom stereocenters. The predicted octanol–water partition coefficient (Wildman–Crippen LogP) is 2.00. The third kappa shape index (κ3) is 3.95. The van der Waals surface area contributed by atoms with Gasteiger partial charge in [0.1, 0.15) is 0 Å². The zero-order valence-corrected chi connectivity index (χ0v) is 13.8. The smallest absolute Gasteiger partial charge is 0.240 e. The van der Waals surface area contributed by atoms with Crippen molar-refractivity contribution < 1.29 is 8.42 Å². The van der Waals surface area contributed by atoms with E-state index in [2.05, 4.69) is 17.0 Å². The van der Waals surface area contributed by atoms with Gasteiger partial charge in [0, 0.05) is 6.04 Å². The summed E-state index contributed by atoms with van der Waals surface area (Å²) in [6.07, 6.45) is 0.839. The van der Waals surface area contributed by atoms with Crippen LogP contribution in [0.4, 0.5) is 0 Å². The second-order valence-corrected chi connectivity index (χ2v) is 7.16. The van der Waals surface area contributed by atoms with E-state index in [9.17, 15) is 8.42 Å². The van der Waals surface area contributed by atoms with Gasteiger partial charge in [-0.2, -0.15) is 0 Å². The van der Waals surface area contributed by atoms with Gasteiger partial charge in [-0.3, -0.25) is 0 Å². The van der Waals surface area contributed by atoms with Gasteiger partial charge in [-0.15, -0.1) is 12.4 Å². The summed E-state index contributed by atoms with van der Waals surface area (Å²) in [5.41, 5.74) is 2.11. The maximum Gasteiger partial charge on any atom is 0.240 e. The second kappa shape index (κ2) is 6.89. The zero-order chi connectivity index (χ0) is 14.0. The van der Waals surface area contributed by atoms with Crippen molar-refractivity contribution in [2.24, 2.45) is 5.92 Å². The minimum atomic E-state index is -3.41. The van der Waals surface area contributed by atoms with Crippen molar-refractivity contribution in [2.45, 2.75) is 38.1 Å². The Morgan fingerprint density at radius 1 is 1.25 bits per heavy atom. The minimum absolute atomic E-state index is 0. The largest absolute Gasteiger partial charge is 0.316 e. The highest BCUT2D eigenvalue weighted by molar-refractivity contribution is 7.89. The van der Waals surface area contributed by atoms with Crippen LogP contribution in [-0.2, 0) is 10.0 Å². The summed E-state index contributed by atoms with van der Waals surface area (Å²) in [5, 5.41) is 3.27. The molecule has 1 fully saturated rings. The second-order valence-electron chi connectivity index (χ2n) is 5.44. The first-order valence-electron chi connectivity index (χ1n) is 6.70. The number of sulfonamides is 1. The van der Waals surface area contributed by atoms with Crippen molar-refractivity contribution in [3.05, 3.63) is 29.3 Å². The third-order valence-corrected chi connectivity index (χ3v) is 5.37. The van der Waals surface area contributed by atoms with Crippen molar-refractivity contribution >= 4 is 22.4 Å². The van der Waals surface area contributed by atoms with Gasteiger partial charge < -0.3 is 5.32 Å². The Morgan fingerprint density at radius 3 is 2.55 bits per heavy atom. The highest BCUT2D eigenvalue weighted by Gasteiger charge is 2.26. The van der Waals surface area contributed by atoms with E-state index in [0.717, 1.165) is 30.6 Å². The fourth-order valence-electron chi connectivity index (χ4n) is 2.34. The Labute approximate surface area is 127 Å². The Balaban J connectivity index is 0.00000200. The van der Waals surface area contributed by atoms with Crippen molar-refractivity contribution in [3.63, 3.8) is 0 Å². The van der Waals surface area contributed by atoms with Crippen LogP contribution >= 0.6 is 12.4 Å². The van der Waals surface area contributed by atoms with Gasteiger partial charge in [0.2, 0.25) is 10.0 Å². The molecular formula is C14H23ClN2O2S. The van der Waals surface area contributed by atoms with E-state index in [1.165, 1.54) is 0 Å². The molecule has 4 nitrogen and oxygen atoms in total. The molecule has 0 radical (unpaired) electrons. The van der Waals surface area contributed by atoms with Gasteiger partial charge in [0.15, 0.2) is 0 Å². The van der Waals surface area contributed by atoms with E-state index in [0.29, 0.717) is 10.8 Å². The summed E-state index contributed by atoms with van der Waals surface area (Å²) in [6, 6.07) is 5.29. The lowest BCUT2D eigenvalue weighted by Gasteiger charge is -2.30. The fourth-order valence-corrected chi connectivity index (χ4v) is 3.80. The lowest BCUT2D eigenvalue weighted by molar-refractivity contribution is 0.328. The Kier molecular flexibility index (Phi) is 6.01. The quantitative estimate of drug-likeness (QED) is 0.896. The van der Waals surface area contributed by atoms with Crippen LogP contribution in [0.3, 0.4) is 0 Å². The average molecular weight is 319 g/mol. The molecule has 0 saturated carbocycles. The van der Waals surface area contributed by atoms with Gasteiger partial charge in [-0.1, -0.05) is 13.0 Å². The molecule has 1 heterocycles. The van der Waals surface area contributed by atoms with Crippen molar-refractivity contribution in [2.75, 3.05) is 13.1 Å². The highest BCUT2D eigenvalue weighted by atomic mass is 35.5. The molecule has 0 aromatic heterocycles. The van der Waals surface area contributed by atoms with Crippen LogP contribution in [-0.4, -0.2) is 27.5 Å². The number of hydrogen-bond acceptors (Lipinski definition) is 3. The van der Waals surface area contributed by atoms with Gasteiger partial charge in [-0.25, -0.2) is 13.1 Å². The molecule has 1 aromatic rings. The maximum atomic E-state index is 12.4. The summed E-state index contributed by atoms with van der Waals surface area (Å²) in [7, 11) is -3.41. The number of benzene rings is 1. The number of piperidine rings is 1. The standard InChI is InChI=1S/C14H22N2O2S.ClH/c1-10-4-5-13(8-11(10)2)19(17,18)16-14-6-7-15-9-12(14)3;/h4-5,8,12,14-16H,6-7,9H2,1-3H3;1H.